The molecule has 0 spiro atoms. The molecular formula is C31H32ClF3N6O2. The summed E-state index contributed by atoms with van der Waals surface area (Å²) >= 11 is 6.96. The fraction of sp³-hybridized carbons (Fsp3) is 0.323. The van der Waals surface area contributed by atoms with Crippen molar-refractivity contribution in [2.24, 2.45) is 0 Å². The van der Waals surface area contributed by atoms with E-state index < -0.39 is 17.8 Å². The van der Waals surface area contributed by atoms with Gasteiger partial charge in [-0.15, -0.1) is 0 Å². The third kappa shape index (κ3) is 6.11. The van der Waals surface area contributed by atoms with Gasteiger partial charge in [0.15, 0.2) is 0 Å². The highest BCUT2D eigenvalue weighted by molar-refractivity contribution is 6.35. The van der Waals surface area contributed by atoms with Gasteiger partial charge in [-0.3, -0.25) is 4.98 Å². The first-order valence-corrected chi connectivity index (χ1v) is 14.1. The second kappa shape index (κ2) is 12.7. The van der Waals surface area contributed by atoms with Crippen molar-refractivity contribution in [1.29, 1.82) is 0 Å². The van der Waals surface area contributed by atoms with E-state index in [4.69, 9.17) is 21.1 Å². The second-order valence-corrected chi connectivity index (χ2v) is 10.5. The minimum atomic E-state index is -4.60. The van der Waals surface area contributed by atoms with Crippen molar-refractivity contribution in [3.63, 3.8) is 0 Å². The van der Waals surface area contributed by atoms with Gasteiger partial charge in [-0.05, 0) is 56.3 Å². The summed E-state index contributed by atoms with van der Waals surface area (Å²) in [6.45, 7) is 0.786. The highest BCUT2D eigenvalue weighted by atomic mass is 35.5. The van der Waals surface area contributed by atoms with E-state index in [1.807, 2.05) is 37.4 Å². The number of anilines is 1. The van der Waals surface area contributed by atoms with Crippen molar-refractivity contribution in [2.45, 2.75) is 38.1 Å². The van der Waals surface area contributed by atoms with E-state index >= 15 is 0 Å². The minimum Gasteiger partial charge on any atom is -0.481 e. The molecule has 4 aromatic rings. The highest BCUT2D eigenvalue weighted by Crippen LogP contribution is 2.44. The van der Waals surface area contributed by atoms with E-state index in [1.54, 1.807) is 26.4 Å². The molecule has 3 heterocycles. The molecule has 0 saturated carbocycles. The lowest BCUT2D eigenvalue weighted by atomic mass is 9.98. The topological polar surface area (TPSA) is 93.2 Å². The Labute approximate surface area is 253 Å². The van der Waals surface area contributed by atoms with Gasteiger partial charge in [0.05, 0.1) is 42.2 Å². The summed E-state index contributed by atoms with van der Waals surface area (Å²) in [5.41, 5.74) is 4.95. The summed E-state index contributed by atoms with van der Waals surface area (Å²) in [5, 5.41) is 9.44. The molecular weight excluding hydrogens is 581 g/mol. The maximum Gasteiger partial charge on any atom is 0.419 e. The number of halogens is 4. The Kier molecular flexibility index (Phi) is 9.05. The molecule has 0 aliphatic heterocycles. The predicted molar refractivity (Wildman–Crippen MR) is 160 cm³/mol. The van der Waals surface area contributed by atoms with Crippen LogP contribution in [0.2, 0.25) is 5.02 Å². The smallest absolute Gasteiger partial charge is 0.419 e. The molecule has 0 unspecified atom stereocenters. The number of pyridine rings is 3. The lowest BCUT2D eigenvalue weighted by Crippen LogP contribution is -2.18. The number of benzene rings is 1. The van der Waals surface area contributed by atoms with Gasteiger partial charge in [0.1, 0.15) is 5.82 Å². The third-order valence-electron chi connectivity index (χ3n) is 7.43. The molecule has 1 aliphatic rings. The Bertz CT molecular complexity index is 1630. The van der Waals surface area contributed by atoms with Crippen LogP contribution in [0, 0.1) is 0 Å². The first-order chi connectivity index (χ1) is 20.7. The first kappa shape index (κ1) is 30.5. The van der Waals surface area contributed by atoms with Crippen LogP contribution in [0.5, 0.6) is 11.8 Å². The highest BCUT2D eigenvalue weighted by Gasteiger charge is 2.37. The Hall–Kier alpha value is -3.93. The first-order valence-electron chi connectivity index (χ1n) is 13.7. The third-order valence-corrected chi connectivity index (χ3v) is 7.81. The van der Waals surface area contributed by atoms with Crippen molar-refractivity contribution >= 4 is 17.4 Å². The molecule has 0 fully saturated rings. The Balaban J connectivity index is 1.51. The zero-order valence-electron chi connectivity index (χ0n) is 24.2. The van der Waals surface area contributed by atoms with Gasteiger partial charge in [-0.1, -0.05) is 35.9 Å². The number of methoxy groups -OCH3 is 2. The Morgan fingerprint density at radius 3 is 2.35 bits per heavy atom. The van der Waals surface area contributed by atoms with Crippen molar-refractivity contribution in [1.82, 2.24) is 25.6 Å². The Morgan fingerprint density at radius 1 is 0.930 bits per heavy atom. The van der Waals surface area contributed by atoms with Crippen LogP contribution >= 0.6 is 11.6 Å². The van der Waals surface area contributed by atoms with Crippen LogP contribution < -0.4 is 25.4 Å². The van der Waals surface area contributed by atoms with Crippen molar-refractivity contribution in [3.05, 3.63) is 81.5 Å². The number of hydrogen-bond donors (Lipinski definition) is 3. The summed E-state index contributed by atoms with van der Waals surface area (Å²) < 4.78 is 53.1. The average Bonchev–Trinajstić information content (AvgIpc) is 3.40. The molecule has 1 atom stereocenters. The number of nitrogens with one attached hydrogen (secondary N) is 3. The summed E-state index contributed by atoms with van der Waals surface area (Å²) in [5.74, 6) is 0.361. The number of ether oxygens (including phenoxy) is 2. The molecule has 0 radical (unpaired) electrons. The summed E-state index contributed by atoms with van der Waals surface area (Å²) in [4.78, 5) is 13.5. The summed E-state index contributed by atoms with van der Waals surface area (Å²) in [7, 11) is 6.46. The quantitative estimate of drug-likeness (QED) is 0.189. The van der Waals surface area contributed by atoms with Crippen molar-refractivity contribution < 1.29 is 22.6 Å². The van der Waals surface area contributed by atoms with Gasteiger partial charge in [0.25, 0.3) is 0 Å². The van der Waals surface area contributed by atoms with Crippen LogP contribution in [0.25, 0.3) is 22.5 Å². The molecule has 43 heavy (non-hydrogen) atoms. The molecule has 1 aliphatic carbocycles. The molecule has 226 valence electrons. The maximum atomic E-state index is 14.1. The average molecular weight is 613 g/mol. The molecule has 3 N–H and O–H groups in total. The number of fused-ring (bicyclic) bond motifs is 1. The molecule has 12 heteroatoms. The fourth-order valence-electron chi connectivity index (χ4n) is 5.50. The molecule has 0 amide bonds. The predicted octanol–water partition coefficient (Wildman–Crippen LogP) is 6.43. The van der Waals surface area contributed by atoms with E-state index in [-0.39, 0.29) is 18.2 Å². The van der Waals surface area contributed by atoms with Gasteiger partial charge < -0.3 is 25.4 Å². The molecule has 8 nitrogen and oxygen atoms in total. The largest absolute Gasteiger partial charge is 0.481 e. The van der Waals surface area contributed by atoms with Gasteiger partial charge in [-0.2, -0.15) is 18.2 Å². The van der Waals surface area contributed by atoms with E-state index in [0.29, 0.717) is 52.8 Å². The van der Waals surface area contributed by atoms with Crippen LogP contribution in [0.1, 0.15) is 40.3 Å². The van der Waals surface area contributed by atoms with Crippen molar-refractivity contribution in [3.8, 4) is 34.3 Å². The zero-order valence-corrected chi connectivity index (χ0v) is 25.0. The standard InChI is InChI=1S/C31H32ClF3N6O2/c1-36-15-17-8-10-25(40-29(17)42-3)22-12-13-38-27(26(22)32)21-7-5-6-20-19(21)9-11-24(20)39-28-23(31(33,34)35)14-18(16-37-2)30(41-28)43-4/h5-8,10,12-14,24,36-37H,9,11,15-16H2,1-4H3,(H,39,41)/t24-/m1/s1. The minimum absolute atomic E-state index is 0.133. The van der Waals surface area contributed by atoms with Gasteiger partial charge in [0, 0.05) is 41.5 Å². The summed E-state index contributed by atoms with van der Waals surface area (Å²) in [6.07, 6.45) is -1.75. The van der Waals surface area contributed by atoms with Crippen LogP contribution in [0.3, 0.4) is 0 Å². The van der Waals surface area contributed by atoms with Crippen LogP contribution in [0.15, 0.2) is 48.7 Å². The van der Waals surface area contributed by atoms with Gasteiger partial charge in [-0.25, -0.2) is 4.98 Å². The fourth-order valence-corrected chi connectivity index (χ4v) is 5.81. The van der Waals surface area contributed by atoms with Crippen molar-refractivity contribution in [2.75, 3.05) is 33.6 Å². The molecule has 0 saturated heterocycles. The number of hydrogen-bond acceptors (Lipinski definition) is 8. The van der Waals surface area contributed by atoms with E-state index in [2.05, 4.69) is 30.9 Å². The number of nitrogens with zero attached hydrogens (tertiary/aromatic N) is 3. The summed E-state index contributed by atoms with van der Waals surface area (Å²) in [6, 6.07) is 12.0. The second-order valence-electron chi connectivity index (χ2n) is 10.1. The van der Waals surface area contributed by atoms with E-state index in [1.165, 1.54) is 7.11 Å². The molecule has 0 bridgehead atoms. The Morgan fingerprint density at radius 2 is 1.65 bits per heavy atom. The lowest BCUT2D eigenvalue weighted by Gasteiger charge is -2.21. The van der Waals surface area contributed by atoms with Gasteiger partial charge in [0.2, 0.25) is 11.8 Å². The van der Waals surface area contributed by atoms with Crippen LogP contribution in [-0.4, -0.2) is 43.3 Å². The molecule has 5 rings (SSSR count). The van der Waals surface area contributed by atoms with Crippen LogP contribution in [-0.2, 0) is 25.7 Å². The normalized spacial score (nSPS) is 14.5. The van der Waals surface area contributed by atoms with Gasteiger partial charge >= 0.3 is 6.18 Å². The monoisotopic (exact) mass is 612 g/mol. The maximum absolute atomic E-state index is 14.1. The lowest BCUT2D eigenvalue weighted by molar-refractivity contribution is -0.137. The van der Waals surface area contributed by atoms with E-state index in [0.717, 1.165) is 28.3 Å². The SMILES string of the molecule is CNCc1ccc(-c2ccnc(-c3cccc4c3CC[C@H]4Nc3nc(OC)c(CNC)cc3C(F)(F)F)c2Cl)nc1OC. The number of rotatable bonds is 10. The number of aromatic nitrogens is 3. The molecule has 3 aromatic heterocycles. The number of alkyl halides is 3. The van der Waals surface area contributed by atoms with E-state index in [9.17, 15) is 13.2 Å². The zero-order chi connectivity index (χ0) is 30.7. The van der Waals surface area contributed by atoms with Crippen LogP contribution in [0.4, 0.5) is 19.0 Å². The molecule has 1 aromatic carbocycles.